The van der Waals surface area contributed by atoms with Crippen LogP contribution in [0.25, 0.3) is 0 Å². The molecule has 8 heteroatoms. The quantitative estimate of drug-likeness (QED) is 0.844. The normalized spacial score (nSPS) is 11.1. The van der Waals surface area contributed by atoms with Crippen LogP contribution >= 0.6 is 11.6 Å². The van der Waals surface area contributed by atoms with Gasteiger partial charge >= 0.3 is 5.97 Å². The first-order chi connectivity index (χ1) is 10.8. The fraction of sp³-hybridized carbons (Fsp3) is 0.267. The summed E-state index contributed by atoms with van der Waals surface area (Å²) in [6.07, 6.45) is 2.82. The molecule has 0 saturated heterocycles. The van der Waals surface area contributed by atoms with E-state index in [2.05, 4.69) is 10.4 Å². The number of halogens is 1. The lowest BCUT2D eigenvalue weighted by Crippen LogP contribution is -2.35. The standard InChI is InChI=1S/C15H16ClN3O4/c1-15(2,14(21)22)19-8-10(7-17-19)18-13(20)9-23-12-6-4-3-5-11(12)16/h3-8H,9H2,1-2H3,(H,18,20)(H,21,22). The zero-order valence-corrected chi connectivity index (χ0v) is 13.4. The van der Waals surface area contributed by atoms with Crippen LogP contribution in [0, 0.1) is 0 Å². The number of ether oxygens (including phenoxy) is 1. The Morgan fingerprint density at radius 2 is 2.09 bits per heavy atom. The summed E-state index contributed by atoms with van der Waals surface area (Å²) >= 11 is 5.93. The fourth-order valence-electron chi connectivity index (χ4n) is 1.69. The van der Waals surface area contributed by atoms with E-state index in [1.807, 2.05) is 0 Å². The van der Waals surface area contributed by atoms with E-state index in [9.17, 15) is 9.59 Å². The Balaban J connectivity index is 1.95. The first-order valence-corrected chi connectivity index (χ1v) is 7.14. The number of carbonyl (C=O) groups excluding carboxylic acids is 1. The van der Waals surface area contributed by atoms with Crippen molar-refractivity contribution in [3.63, 3.8) is 0 Å². The highest BCUT2D eigenvalue weighted by Gasteiger charge is 2.30. The molecule has 1 aromatic heterocycles. The van der Waals surface area contributed by atoms with Gasteiger partial charge in [-0.25, -0.2) is 4.79 Å². The maximum atomic E-state index is 11.9. The first-order valence-electron chi connectivity index (χ1n) is 6.76. The van der Waals surface area contributed by atoms with Crippen molar-refractivity contribution >= 4 is 29.2 Å². The van der Waals surface area contributed by atoms with Gasteiger partial charge in [0.1, 0.15) is 5.75 Å². The average molecular weight is 338 g/mol. The van der Waals surface area contributed by atoms with Crippen molar-refractivity contribution in [1.82, 2.24) is 9.78 Å². The maximum Gasteiger partial charge on any atom is 0.331 e. The number of benzene rings is 1. The first kappa shape index (κ1) is 16.8. The van der Waals surface area contributed by atoms with E-state index in [1.54, 1.807) is 24.3 Å². The molecule has 122 valence electrons. The van der Waals surface area contributed by atoms with Crippen molar-refractivity contribution in [2.75, 3.05) is 11.9 Å². The molecule has 1 amide bonds. The Morgan fingerprint density at radius 1 is 1.39 bits per heavy atom. The third-order valence-electron chi connectivity index (χ3n) is 3.16. The second-order valence-electron chi connectivity index (χ2n) is 5.31. The highest BCUT2D eigenvalue weighted by molar-refractivity contribution is 6.32. The number of nitrogens with zero attached hydrogens (tertiary/aromatic N) is 2. The van der Waals surface area contributed by atoms with Crippen LogP contribution in [0.2, 0.25) is 5.02 Å². The second kappa shape index (κ2) is 6.70. The van der Waals surface area contributed by atoms with E-state index < -0.39 is 17.4 Å². The molecule has 1 heterocycles. The Kier molecular flexibility index (Phi) is 4.90. The van der Waals surface area contributed by atoms with Crippen LogP contribution in [0.3, 0.4) is 0 Å². The lowest BCUT2D eigenvalue weighted by atomic mass is 10.1. The van der Waals surface area contributed by atoms with Gasteiger partial charge in [-0.1, -0.05) is 23.7 Å². The maximum absolute atomic E-state index is 11.9. The van der Waals surface area contributed by atoms with Crippen LogP contribution in [-0.4, -0.2) is 33.4 Å². The van der Waals surface area contributed by atoms with E-state index in [0.717, 1.165) is 0 Å². The minimum absolute atomic E-state index is 0.225. The van der Waals surface area contributed by atoms with Gasteiger partial charge in [0.25, 0.3) is 5.91 Å². The number of aromatic nitrogens is 2. The van der Waals surface area contributed by atoms with Crippen LogP contribution in [0.4, 0.5) is 5.69 Å². The number of para-hydroxylation sites is 1. The fourth-order valence-corrected chi connectivity index (χ4v) is 1.88. The Bertz CT molecular complexity index is 727. The van der Waals surface area contributed by atoms with E-state index in [4.69, 9.17) is 21.4 Å². The van der Waals surface area contributed by atoms with Gasteiger partial charge in [0.05, 0.1) is 16.9 Å². The van der Waals surface area contributed by atoms with Gasteiger partial charge in [-0.2, -0.15) is 5.10 Å². The Labute approximate surface area is 137 Å². The van der Waals surface area contributed by atoms with Gasteiger partial charge in [-0.3, -0.25) is 9.48 Å². The lowest BCUT2D eigenvalue weighted by Gasteiger charge is -2.19. The molecule has 0 atom stereocenters. The average Bonchev–Trinajstić information content (AvgIpc) is 2.95. The summed E-state index contributed by atoms with van der Waals surface area (Å²) in [6.45, 7) is 2.79. The number of carboxylic acid groups (broad SMARTS) is 1. The van der Waals surface area contributed by atoms with Crippen LogP contribution in [0.15, 0.2) is 36.7 Å². The molecule has 1 aromatic carbocycles. The minimum Gasteiger partial charge on any atom is -0.482 e. The molecule has 0 saturated carbocycles. The highest BCUT2D eigenvalue weighted by atomic mass is 35.5. The number of hydrogen-bond donors (Lipinski definition) is 2. The summed E-state index contributed by atoms with van der Waals surface area (Å²) in [6, 6.07) is 6.82. The van der Waals surface area contributed by atoms with Crippen LogP contribution in [0.5, 0.6) is 5.75 Å². The summed E-state index contributed by atoms with van der Waals surface area (Å²) in [7, 11) is 0. The predicted octanol–water partition coefficient (Wildman–Crippen LogP) is 2.37. The van der Waals surface area contributed by atoms with Crippen molar-refractivity contribution in [2.24, 2.45) is 0 Å². The molecule has 0 radical (unpaired) electrons. The zero-order valence-electron chi connectivity index (χ0n) is 12.6. The topological polar surface area (TPSA) is 93.5 Å². The molecule has 2 N–H and O–H groups in total. The SMILES string of the molecule is CC(C)(C(=O)O)n1cc(NC(=O)COc2ccccc2Cl)cn1. The second-order valence-corrected chi connectivity index (χ2v) is 5.71. The number of aliphatic carboxylic acids is 1. The van der Waals surface area contributed by atoms with E-state index in [0.29, 0.717) is 16.5 Å². The summed E-state index contributed by atoms with van der Waals surface area (Å²) in [5.74, 6) is -1.02. The third kappa shape index (κ3) is 4.01. The van der Waals surface area contributed by atoms with Gasteiger partial charge in [-0.05, 0) is 26.0 Å². The largest absolute Gasteiger partial charge is 0.482 e. The highest BCUT2D eigenvalue weighted by Crippen LogP contribution is 2.23. The van der Waals surface area contributed by atoms with Gasteiger partial charge < -0.3 is 15.2 Å². The summed E-state index contributed by atoms with van der Waals surface area (Å²) < 4.78 is 6.58. The lowest BCUT2D eigenvalue weighted by molar-refractivity contribution is -0.146. The summed E-state index contributed by atoms with van der Waals surface area (Å²) in [4.78, 5) is 23.0. The van der Waals surface area contributed by atoms with Crippen molar-refractivity contribution < 1.29 is 19.4 Å². The molecule has 0 unspecified atom stereocenters. The van der Waals surface area contributed by atoms with E-state index >= 15 is 0 Å². The number of carboxylic acids is 1. The number of anilines is 1. The molecule has 0 aliphatic heterocycles. The molecular formula is C15H16ClN3O4. The summed E-state index contributed by atoms with van der Waals surface area (Å²) in [5.41, 5.74) is -0.830. The summed E-state index contributed by atoms with van der Waals surface area (Å²) in [5, 5.41) is 16.1. The van der Waals surface area contributed by atoms with Crippen molar-refractivity contribution in [1.29, 1.82) is 0 Å². The number of nitrogens with one attached hydrogen (secondary N) is 1. The monoisotopic (exact) mass is 337 g/mol. The van der Waals surface area contributed by atoms with Crippen LogP contribution < -0.4 is 10.1 Å². The molecular weight excluding hydrogens is 322 g/mol. The van der Waals surface area contributed by atoms with Gasteiger partial charge in [0.2, 0.25) is 0 Å². The number of rotatable bonds is 6. The molecule has 0 bridgehead atoms. The van der Waals surface area contributed by atoms with Crippen molar-refractivity contribution in [3.05, 3.63) is 41.7 Å². The van der Waals surface area contributed by atoms with Gasteiger partial charge in [0, 0.05) is 6.20 Å². The Morgan fingerprint density at radius 3 is 2.74 bits per heavy atom. The molecule has 23 heavy (non-hydrogen) atoms. The van der Waals surface area contributed by atoms with Gasteiger partial charge in [0.15, 0.2) is 12.1 Å². The molecule has 2 rings (SSSR count). The van der Waals surface area contributed by atoms with Crippen molar-refractivity contribution in [3.8, 4) is 5.75 Å². The van der Waals surface area contributed by atoms with Crippen LogP contribution in [-0.2, 0) is 15.1 Å². The molecule has 0 fully saturated rings. The predicted molar refractivity (Wildman–Crippen MR) is 84.8 cm³/mol. The van der Waals surface area contributed by atoms with Crippen molar-refractivity contribution in [2.45, 2.75) is 19.4 Å². The zero-order chi connectivity index (χ0) is 17.0. The molecule has 0 aliphatic rings. The molecule has 2 aromatic rings. The number of carbonyl (C=O) groups is 2. The molecule has 0 spiro atoms. The number of amides is 1. The number of hydrogen-bond acceptors (Lipinski definition) is 4. The van der Waals surface area contributed by atoms with Gasteiger partial charge in [-0.15, -0.1) is 0 Å². The smallest absolute Gasteiger partial charge is 0.331 e. The van der Waals surface area contributed by atoms with E-state index in [-0.39, 0.29) is 6.61 Å². The molecule has 0 aliphatic carbocycles. The van der Waals surface area contributed by atoms with E-state index in [1.165, 1.54) is 30.9 Å². The minimum atomic E-state index is -1.21. The van der Waals surface area contributed by atoms with Crippen LogP contribution in [0.1, 0.15) is 13.8 Å². The Hall–Kier alpha value is -2.54. The third-order valence-corrected chi connectivity index (χ3v) is 3.47. The molecule has 7 nitrogen and oxygen atoms in total.